The van der Waals surface area contributed by atoms with E-state index in [1.165, 1.54) is 0 Å². The fraction of sp³-hybridized carbons (Fsp3) is 0.889. The van der Waals surface area contributed by atoms with Crippen LogP contribution in [-0.2, 0) is 4.79 Å². The van der Waals surface area contributed by atoms with E-state index in [4.69, 9.17) is 10.8 Å². The van der Waals surface area contributed by atoms with E-state index >= 15 is 0 Å². The lowest BCUT2D eigenvalue weighted by Gasteiger charge is -2.33. The maximum Gasteiger partial charge on any atom is 0.307 e. The Kier molecular flexibility index (Phi) is 4.06. The first-order valence-corrected chi connectivity index (χ1v) is 5.74. The molecule has 0 spiro atoms. The van der Waals surface area contributed by atoms with Crippen molar-refractivity contribution in [2.24, 2.45) is 17.6 Å². The molecule has 3 nitrogen and oxygen atoms in total. The van der Waals surface area contributed by atoms with Gasteiger partial charge >= 0.3 is 5.97 Å². The molecule has 0 aromatic rings. The number of thioether (sulfide) groups is 1. The van der Waals surface area contributed by atoms with E-state index < -0.39 is 5.97 Å². The number of rotatable bonds is 5. The van der Waals surface area contributed by atoms with Gasteiger partial charge in [0.05, 0.1) is 5.92 Å². The third-order valence-electron chi connectivity index (χ3n) is 2.53. The van der Waals surface area contributed by atoms with Crippen LogP contribution in [0.15, 0.2) is 0 Å². The zero-order chi connectivity index (χ0) is 9.84. The number of carbonyl (C=O) groups is 1. The van der Waals surface area contributed by atoms with Crippen molar-refractivity contribution in [3.63, 3.8) is 0 Å². The normalized spacial score (nSPS) is 29.4. The average Bonchev–Trinajstić information content (AvgIpc) is 2.01. The van der Waals surface area contributed by atoms with Crippen molar-refractivity contribution >= 4 is 17.7 Å². The number of nitrogens with two attached hydrogens (primary N) is 1. The molecular formula is C9H17NO2S. The van der Waals surface area contributed by atoms with E-state index in [0.717, 1.165) is 18.6 Å². The van der Waals surface area contributed by atoms with Gasteiger partial charge < -0.3 is 10.8 Å². The van der Waals surface area contributed by atoms with Gasteiger partial charge in [0.2, 0.25) is 0 Å². The van der Waals surface area contributed by atoms with Crippen LogP contribution in [0.2, 0.25) is 0 Å². The number of aliphatic carboxylic acids is 1. The summed E-state index contributed by atoms with van der Waals surface area (Å²) in [5.41, 5.74) is 5.48. The van der Waals surface area contributed by atoms with Gasteiger partial charge in [-0.25, -0.2) is 0 Å². The average molecular weight is 203 g/mol. The summed E-state index contributed by atoms with van der Waals surface area (Å²) in [6.45, 7) is 2.79. The molecule has 1 saturated carbocycles. The summed E-state index contributed by atoms with van der Waals surface area (Å²) in [5, 5.41) is 9.13. The molecule has 0 saturated heterocycles. The molecule has 1 fully saturated rings. The molecule has 0 amide bonds. The van der Waals surface area contributed by atoms with Crippen LogP contribution >= 0.6 is 11.8 Å². The lowest BCUT2D eigenvalue weighted by atomic mass is 9.85. The molecule has 0 aromatic carbocycles. The van der Waals surface area contributed by atoms with Gasteiger partial charge in [-0.15, -0.1) is 0 Å². The first kappa shape index (κ1) is 10.9. The zero-order valence-corrected chi connectivity index (χ0v) is 8.72. The highest BCUT2D eigenvalue weighted by molar-refractivity contribution is 8.00. The largest absolute Gasteiger partial charge is 0.481 e. The molecule has 1 aliphatic rings. The Bertz CT molecular complexity index is 186. The molecule has 76 valence electrons. The summed E-state index contributed by atoms with van der Waals surface area (Å²) in [7, 11) is 0. The van der Waals surface area contributed by atoms with Crippen molar-refractivity contribution in [2.75, 3.05) is 12.3 Å². The monoisotopic (exact) mass is 203 g/mol. The number of carboxylic acid groups (broad SMARTS) is 1. The molecule has 0 heterocycles. The molecule has 4 heteroatoms. The summed E-state index contributed by atoms with van der Waals surface area (Å²) >= 11 is 1.77. The van der Waals surface area contributed by atoms with Crippen LogP contribution in [0.4, 0.5) is 0 Å². The Morgan fingerprint density at radius 3 is 2.77 bits per heavy atom. The van der Waals surface area contributed by atoms with E-state index in [0.29, 0.717) is 17.7 Å². The quantitative estimate of drug-likeness (QED) is 0.704. The number of hydrogen-bond donors (Lipinski definition) is 2. The molecule has 0 aromatic heterocycles. The molecule has 13 heavy (non-hydrogen) atoms. The van der Waals surface area contributed by atoms with Crippen molar-refractivity contribution in [3.05, 3.63) is 0 Å². The van der Waals surface area contributed by atoms with E-state index in [-0.39, 0.29) is 5.92 Å². The summed E-state index contributed by atoms with van der Waals surface area (Å²) < 4.78 is 0. The Morgan fingerprint density at radius 2 is 2.38 bits per heavy atom. The molecular weight excluding hydrogens is 186 g/mol. The van der Waals surface area contributed by atoms with Crippen LogP contribution in [0.25, 0.3) is 0 Å². The van der Waals surface area contributed by atoms with Crippen LogP contribution in [0.1, 0.15) is 19.8 Å². The lowest BCUT2D eigenvalue weighted by molar-refractivity contribution is -0.144. The first-order chi connectivity index (χ1) is 6.15. The molecule has 0 radical (unpaired) electrons. The lowest BCUT2D eigenvalue weighted by Crippen LogP contribution is -2.35. The van der Waals surface area contributed by atoms with Crippen LogP contribution in [0.5, 0.6) is 0 Å². The SMILES string of the molecule is CC(CN)CSC1CCC1C(=O)O. The summed E-state index contributed by atoms with van der Waals surface area (Å²) in [6.07, 6.45) is 1.91. The van der Waals surface area contributed by atoms with Gasteiger partial charge in [0, 0.05) is 5.25 Å². The topological polar surface area (TPSA) is 63.3 Å². The van der Waals surface area contributed by atoms with Gasteiger partial charge in [0.25, 0.3) is 0 Å². The Labute approximate surface area is 83.1 Å². The maximum atomic E-state index is 10.7. The maximum absolute atomic E-state index is 10.7. The predicted octanol–water partition coefficient (Wildman–Crippen LogP) is 1.18. The highest BCUT2D eigenvalue weighted by atomic mass is 32.2. The Morgan fingerprint density at radius 1 is 1.69 bits per heavy atom. The van der Waals surface area contributed by atoms with E-state index in [9.17, 15) is 4.79 Å². The standard InChI is InChI=1S/C9H17NO2S/c1-6(4-10)5-13-8-3-2-7(8)9(11)12/h6-8H,2-5,10H2,1H3,(H,11,12). The number of hydrogen-bond acceptors (Lipinski definition) is 3. The van der Waals surface area contributed by atoms with Gasteiger partial charge in [-0.1, -0.05) is 6.92 Å². The molecule has 3 unspecified atom stereocenters. The molecule has 0 bridgehead atoms. The Balaban J connectivity index is 2.19. The second kappa shape index (κ2) is 4.86. The highest BCUT2D eigenvalue weighted by Gasteiger charge is 2.36. The smallest absolute Gasteiger partial charge is 0.307 e. The van der Waals surface area contributed by atoms with Gasteiger partial charge in [-0.3, -0.25) is 4.79 Å². The van der Waals surface area contributed by atoms with Gasteiger partial charge in [-0.05, 0) is 31.1 Å². The van der Waals surface area contributed by atoms with Gasteiger partial charge in [0.15, 0.2) is 0 Å². The summed E-state index contributed by atoms with van der Waals surface area (Å²) in [4.78, 5) is 10.7. The Hall–Kier alpha value is -0.220. The molecule has 3 N–H and O–H groups in total. The van der Waals surface area contributed by atoms with Crippen molar-refractivity contribution in [2.45, 2.75) is 25.0 Å². The summed E-state index contributed by atoms with van der Waals surface area (Å²) in [5.74, 6) is 0.754. The van der Waals surface area contributed by atoms with Crippen LogP contribution < -0.4 is 5.73 Å². The van der Waals surface area contributed by atoms with Gasteiger partial charge in [-0.2, -0.15) is 11.8 Å². The highest BCUT2D eigenvalue weighted by Crippen LogP contribution is 2.38. The fourth-order valence-corrected chi connectivity index (χ4v) is 2.81. The summed E-state index contributed by atoms with van der Waals surface area (Å²) in [6, 6.07) is 0. The van der Waals surface area contributed by atoms with Crippen LogP contribution in [0, 0.1) is 11.8 Å². The van der Waals surface area contributed by atoms with Crippen LogP contribution in [-0.4, -0.2) is 28.6 Å². The second-order valence-corrected chi connectivity index (χ2v) is 5.01. The third-order valence-corrected chi connectivity index (χ3v) is 4.28. The van der Waals surface area contributed by atoms with Crippen molar-refractivity contribution in [3.8, 4) is 0 Å². The fourth-order valence-electron chi connectivity index (χ4n) is 1.31. The van der Waals surface area contributed by atoms with Crippen molar-refractivity contribution < 1.29 is 9.90 Å². The molecule has 1 rings (SSSR count). The predicted molar refractivity (Wildman–Crippen MR) is 54.8 cm³/mol. The number of carboxylic acids is 1. The minimum absolute atomic E-state index is 0.102. The second-order valence-electron chi connectivity index (χ2n) is 3.73. The van der Waals surface area contributed by atoms with E-state index in [1.54, 1.807) is 11.8 Å². The molecule has 1 aliphatic carbocycles. The third kappa shape index (κ3) is 2.88. The molecule has 0 aliphatic heterocycles. The first-order valence-electron chi connectivity index (χ1n) is 4.69. The molecule has 3 atom stereocenters. The van der Waals surface area contributed by atoms with E-state index in [2.05, 4.69) is 6.92 Å². The minimum Gasteiger partial charge on any atom is -0.481 e. The zero-order valence-electron chi connectivity index (χ0n) is 7.90. The van der Waals surface area contributed by atoms with Crippen LogP contribution in [0.3, 0.4) is 0 Å². The van der Waals surface area contributed by atoms with Crippen molar-refractivity contribution in [1.82, 2.24) is 0 Å². The van der Waals surface area contributed by atoms with E-state index in [1.807, 2.05) is 0 Å². The van der Waals surface area contributed by atoms with Gasteiger partial charge in [0.1, 0.15) is 0 Å². The minimum atomic E-state index is -0.635. The van der Waals surface area contributed by atoms with Crippen molar-refractivity contribution in [1.29, 1.82) is 0 Å².